The van der Waals surface area contributed by atoms with Crippen molar-refractivity contribution in [3.8, 4) is 5.69 Å². The second kappa shape index (κ2) is 13.3. The molecule has 2 N–H and O–H groups in total. The minimum Gasteiger partial charge on any atom is -0.462 e. The van der Waals surface area contributed by atoms with E-state index in [1.807, 2.05) is 40.3 Å². The lowest BCUT2D eigenvalue weighted by atomic mass is 9.95. The van der Waals surface area contributed by atoms with Gasteiger partial charge in [0.2, 0.25) is 5.91 Å². The first-order valence-electron chi connectivity index (χ1n) is 13.2. The summed E-state index contributed by atoms with van der Waals surface area (Å²) in [6.07, 6.45) is 3.78. The van der Waals surface area contributed by atoms with Gasteiger partial charge in [-0.05, 0) is 80.8 Å². The van der Waals surface area contributed by atoms with E-state index in [4.69, 9.17) is 4.74 Å². The molecule has 3 aromatic heterocycles. The van der Waals surface area contributed by atoms with Gasteiger partial charge in [-0.3, -0.25) is 14.2 Å². The summed E-state index contributed by atoms with van der Waals surface area (Å²) in [6, 6.07) is 11.2. The van der Waals surface area contributed by atoms with E-state index in [-0.39, 0.29) is 25.0 Å². The van der Waals surface area contributed by atoms with Crippen LogP contribution in [0.2, 0.25) is 0 Å². The Balaban J connectivity index is 1.36. The van der Waals surface area contributed by atoms with Gasteiger partial charge < -0.3 is 15.4 Å². The van der Waals surface area contributed by atoms with Crippen LogP contribution in [0.3, 0.4) is 0 Å². The van der Waals surface area contributed by atoms with Crippen LogP contribution in [0.4, 0.5) is 5.00 Å². The zero-order chi connectivity index (χ0) is 28.9. The SMILES string of the molecule is CCOC(=O)c1c(NC(=O)C(C)Sc2nnc(CNC(=O)c3cccs3)n2-c2ccc(Br)cc2)sc2c1CCCC2. The molecule has 0 fully saturated rings. The van der Waals surface area contributed by atoms with E-state index in [0.29, 0.717) is 26.4 Å². The summed E-state index contributed by atoms with van der Waals surface area (Å²) in [7, 11) is 0. The quantitative estimate of drug-likeness (QED) is 0.151. The summed E-state index contributed by atoms with van der Waals surface area (Å²) in [6.45, 7) is 3.99. The largest absolute Gasteiger partial charge is 0.462 e. The van der Waals surface area contributed by atoms with Gasteiger partial charge in [0.25, 0.3) is 5.91 Å². The number of halogens is 1. The number of carbonyl (C=O) groups excluding carboxylic acids is 3. The second-order valence-corrected chi connectivity index (χ2v) is 13.5. The van der Waals surface area contributed by atoms with Crippen molar-refractivity contribution < 1.29 is 19.1 Å². The van der Waals surface area contributed by atoms with Crippen LogP contribution in [0.5, 0.6) is 0 Å². The predicted molar refractivity (Wildman–Crippen MR) is 165 cm³/mol. The smallest absolute Gasteiger partial charge is 0.341 e. The molecule has 1 aliphatic rings. The number of carbonyl (C=O) groups is 3. The summed E-state index contributed by atoms with van der Waals surface area (Å²) in [5, 5.41) is 17.0. The maximum atomic E-state index is 13.4. The van der Waals surface area contributed by atoms with Crippen molar-refractivity contribution in [1.82, 2.24) is 20.1 Å². The van der Waals surface area contributed by atoms with Crippen LogP contribution in [-0.2, 0) is 28.9 Å². The topological polar surface area (TPSA) is 115 Å². The zero-order valence-corrected chi connectivity index (χ0v) is 26.5. The molecule has 3 heterocycles. The minimum atomic E-state index is -0.559. The minimum absolute atomic E-state index is 0.157. The Labute approximate surface area is 258 Å². The molecule has 13 heteroatoms. The van der Waals surface area contributed by atoms with Crippen LogP contribution >= 0.6 is 50.4 Å². The van der Waals surface area contributed by atoms with Crippen LogP contribution in [0.1, 0.15) is 63.0 Å². The maximum Gasteiger partial charge on any atom is 0.341 e. The standard InChI is InChI=1S/C28H28BrN5O4S3/c1-3-38-27(37)23-19-7-4-5-8-20(19)41-26(23)31-24(35)16(2)40-28-33-32-22(15-30-25(36)21-9-6-14-39-21)34(28)18-12-10-17(29)11-13-18/h6,9-14,16H,3-5,7-8,15H2,1-2H3,(H,30,36)(H,31,35). The molecule has 41 heavy (non-hydrogen) atoms. The van der Waals surface area contributed by atoms with E-state index in [0.717, 1.165) is 46.3 Å². The highest BCUT2D eigenvalue weighted by atomic mass is 79.9. The van der Waals surface area contributed by atoms with Gasteiger partial charge in [-0.25, -0.2) is 4.79 Å². The fraction of sp³-hybridized carbons (Fsp3) is 0.321. The van der Waals surface area contributed by atoms with E-state index in [1.54, 1.807) is 19.9 Å². The molecular formula is C28H28BrN5O4S3. The number of hydrogen-bond donors (Lipinski definition) is 2. The van der Waals surface area contributed by atoms with Crippen LogP contribution < -0.4 is 10.6 Å². The average molecular weight is 675 g/mol. The summed E-state index contributed by atoms with van der Waals surface area (Å²) >= 11 is 7.55. The number of aromatic nitrogens is 3. The van der Waals surface area contributed by atoms with Crippen LogP contribution in [0.15, 0.2) is 51.4 Å². The molecule has 9 nitrogen and oxygen atoms in total. The number of benzene rings is 1. The number of esters is 1. The van der Waals surface area contributed by atoms with Crippen LogP contribution in [0, 0.1) is 0 Å². The van der Waals surface area contributed by atoms with E-state index >= 15 is 0 Å². The number of nitrogens with zero attached hydrogens (tertiary/aromatic N) is 3. The molecule has 214 valence electrons. The highest BCUT2D eigenvalue weighted by Crippen LogP contribution is 2.39. The van der Waals surface area contributed by atoms with Crippen molar-refractivity contribution in [3.63, 3.8) is 0 Å². The molecule has 5 rings (SSSR count). The Hall–Kier alpha value is -3.00. The van der Waals surface area contributed by atoms with Gasteiger partial charge in [0.15, 0.2) is 11.0 Å². The van der Waals surface area contributed by atoms with Gasteiger partial charge >= 0.3 is 5.97 Å². The summed E-state index contributed by atoms with van der Waals surface area (Å²) in [4.78, 5) is 40.5. The fourth-order valence-corrected chi connectivity index (χ4v) is 7.56. The van der Waals surface area contributed by atoms with Crippen molar-refractivity contribution in [2.24, 2.45) is 0 Å². The Morgan fingerprint density at radius 2 is 1.93 bits per heavy atom. The summed E-state index contributed by atoms with van der Waals surface area (Å²) < 4.78 is 8.08. The molecule has 1 atom stereocenters. The first-order chi connectivity index (χ1) is 19.9. The molecule has 0 bridgehead atoms. The van der Waals surface area contributed by atoms with Crippen molar-refractivity contribution in [1.29, 1.82) is 0 Å². The Morgan fingerprint density at radius 3 is 2.66 bits per heavy atom. The molecular weight excluding hydrogens is 646 g/mol. The third-order valence-electron chi connectivity index (χ3n) is 6.48. The average Bonchev–Trinajstić information content (AvgIpc) is 3.71. The molecule has 4 aromatic rings. The number of nitrogens with one attached hydrogen (secondary N) is 2. The highest BCUT2D eigenvalue weighted by Gasteiger charge is 2.29. The number of anilines is 1. The molecule has 1 unspecified atom stereocenters. The number of hydrogen-bond acceptors (Lipinski definition) is 9. The van der Waals surface area contributed by atoms with E-state index < -0.39 is 11.2 Å². The third-order valence-corrected chi connectivity index (χ3v) is 10.1. The van der Waals surface area contributed by atoms with Gasteiger partial charge in [0.05, 0.1) is 28.8 Å². The summed E-state index contributed by atoms with van der Waals surface area (Å²) in [5.74, 6) is -0.310. The van der Waals surface area contributed by atoms with Gasteiger partial charge in [-0.1, -0.05) is 33.8 Å². The number of fused-ring (bicyclic) bond motifs is 1. The second-order valence-electron chi connectivity index (χ2n) is 9.26. The number of rotatable bonds is 10. The number of thioether (sulfide) groups is 1. The Kier molecular flexibility index (Phi) is 9.58. The van der Waals surface area contributed by atoms with Gasteiger partial charge in [-0.2, -0.15) is 0 Å². The molecule has 2 amide bonds. The zero-order valence-electron chi connectivity index (χ0n) is 22.4. The third kappa shape index (κ3) is 6.74. The van der Waals surface area contributed by atoms with Crippen molar-refractivity contribution in [3.05, 3.63) is 73.0 Å². The lowest BCUT2D eigenvalue weighted by Gasteiger charge is -2.15. The van der Waals surface area contributed by atoms with Crippen molar-refractivity contribution in [2.45, 2.75) is 56.5 Å². The van der Waals surface area contributed by atoms with Crippen molar-refractivity contribution >= 4 is 73.2 Å². The number of amides is 2. The fourth-order valence-electron chi connectivity index (χ4n) is 4.49. The van der Waals surface area contributed by atoms with Gasteiger partial charge in [0.1, 0.15) is 5.00 Å². The van der Waals surface area contributed by atoms with E-state index in [9.17, 15) is 14.4 Å². The first kappa shape index (κ1) is 29.5. The summed E-state index contributed by atoms with van der Waals surface area (Å²) in [5.41, 5.74) is 2.28. The van der Waals surface area contributed by atoms with E-state index in [1.165, 1.54) is 34.4 Å². The molecule has 0 aliphatic heterocycles. The van der Waals surface area contributed by atoms with Crippen LogP contribution in [-0.4, -0.2) is 44.4 Å². The highest BCUT2D eigenvalue weighted by molar-refractivity contribution is 9.10. The van der Waals surface area contributed by atoms with Gasteiger partial charge in [-0.15, -0.1) is 32.9 Å². The lowest BCUT2D eigenvalue weighted by molar-refractivity contribution is -0.115. The predicted octanol–water partition coefficient (Wildman–Crippen LogP) is 6.26. The first-order valence-corrected chi connectivity index (χ1v) is 16.5. The Bertz CT molecular complexity index is 1550. The monoisotopic (exact) mass is 673 g/mol. The van der Waals surface area contributed by atoms with Gasteiger partial charge in [0, 0.05) is 15.0 Å². The number of ether oxygens (including phenoxy) is 1. The lowest BCUT2D eigenvalue weighted by Crippen LogP contribution is -2.25. The molecule has 1 aliphatic carbocycles. The normalized spacial score (nSPS) is 13.3. The van der Waals surface area contributed by atoms with Crippen LogP contribution in [0.25, 0.3) is 5.69 Å². The van der Waals surface area contributed by atoms with Crippen molar-refractivity contribution in [2.75, 3.05) is 11.9 Å². The molecule has 0 saturated heterocycles. The Morgan fingerprint density at radius 1 is 1.15 bits per heavy atom. The number of thiophene rings is 2. The molecule has 1 aromatic carbocycles. The van der Waals surface area contributed by atoms with E-state index in [2.05, 4.69) is 36.8 Å². The number of aryl methyl sites for hydroxylation is 1. The molecule has 0 spiro atoms. The molecule has 0 radical (unpaired) electrons. The maximum absolute atomic E-state index is 13.4. The molecule has 0 saturated carbocycles.